The first-order chi connectivity index (χ1) is 12.5. The quantitative estimate of drug-likeness (QED) is 0.833. The molecule has 26 heavy (non-hydrogen) atoms. The number of aryl methyl sites for hydroxylation is 2. The molecule has 0 aliphatic carbocycles. The van der Waals surface area contributed by atoms with Gasteiger partial charge in [0.15, 0.2) is 0 Å². The third-order valence-electron chi connectivity index (χ3n) is 4.79. The van der Waals surface area contributed by atoms with Crippen molar-refractivity contribution >= 4 is 22.4 Å². The highest BCUT2D eigenvalue weighted by Crippen LogP contribution is 2.29. The van der Waals surface area contributed by atoms with E-state index >= 15 is 0 Å². The minimum Gasteiger partial charge on any atom is -0.355 e. The van der Waals surface area contributed by atoms with Crippen molar-refractivity contribution in [1.29, 1.82) is 0 Å². The first-order valence-electron chi connectivity index (χ1n) is 9.12. The van der Waals surface area contributed by atoms with Gasteiger partial charge in [-0.2, -0.15) is 0 Å². The van der Waals surface area contributed by atoms with Crippen LogP contribution in [0.4, 0.5) is 5.13 Å². The lowest BCUT2D eigenvalue weighted by molar-refractivity contribution is -0.125. The van der Waals surface area contributed by atoms with E-state index in [0.29, 0.717) is 13.1 Å². The molecule has 0 unspecified atom stereocenters. The van der Waals surface area contributed by atoms with Crippen LogP contribution in [-0.4, -0.2) is 65.8 Å². The lowest BCUT2D eigenvalue weighted by atomic mass is 9.97. The molecule has 0 spiro atoms. The van der Waals surface area contributed by atoms with E-state index in [1.165, 1.54) is 0 Å². The Kier molecular flexibility index (Phi) is 5.93. The van der Waals surface area contributed by atoms with Crippen LogP contribution in [0.3, 0.4) is 0 Å². The van der Waals surface area contributed by atoms with Crippen LogP contribution in [0.25, 0.3) is 5.13 Å². The van der Waals surface area contributed by atoms with Crippen LogP contribution in [0.5, 0.6) is 0 Å². The van der Waals surface area contributed by atoms with E-state index in [1.54, 1.807) is 11.3 Å². The summed E-state index contributed by atoms with van der Waals surface area (Å²) in [4.78, 5) is 16.7. The van der Waals surface area contributed by atoms with Crippen LogP contribution in [0.1, 0.15) is 24.2 Å². The molecule has 0 saturated carbocycles. The lowest BCUT2D eigenvalue weighted by Gasteiger charge is -2.31. The van der Waals surface area contributed by atoms with Crippen LogP contribution in [0.2, 0.25) is 0 Å². The number of amides is 1. The Balaban J connectivity index is 1.64. The number of carbonyl (C=O) groups excluding carboxylic acids is 1. The molecule has 1 atom stereocenters. The summed E-state index contributed by atoms with van der Waals surface area (Å²) in [6, 6.07) is 4.18. The third-order valence-corrected chi connectivity index (χ3v) is 5.76. The summed E-state index contributed by atoms with van der Waals surface area (Å²) in [5.41, 5.74) is 2.31. The molecule has 2 aromatic heterocycles. The van der Waals surface area contributed by atoms with Crippen molar-refractivity contribution in [3.8, 4) is 5.13 Å². The Bertz CT molecular complexity index is 733. The normalized spacial score (nSPS) is 17.7. The Morgan fingerprint density at radius 1 is 1.27 bits per heavy atom. The number of hydrogen-bond acceptors (Lipinski definition) is 6. The predicted molar refractivity (Wildman–Crippen MR) is 105 cm³/mol. The Labute approximate surface area is 159 Å². The second-order valence-electron chi connectivity index (χ2n) is 7.20. The zero-order chi connectivity index (χ0) is 18.7. The van der Waals surface area contributed by atoms with Gasteiger partial charge >= 0.3 is 0 Å². The largest absolute Gasteiger partial charge is 0.355 e. The van der Waals surface area contributed by atoms with E-state index in [1.807, 2.05) is 14.1 Å². The number of anilines is 1. The van der Waals surface area contributed by atoms with Crippen molar-refractivity contribution in [3.63, 3.8) is 0 Å². The van der Waals surface area contributed by atoms with Crippen LogP contribution in [0.15, 0.2) is 12.1 Å². The highest BCUT2D eigenvalue weighted by Gasteiger charge is 2.27. The van der Waals surface area contributed by atoms with Crippen molar-refractivity contribution in [2.75, 3.05) is 45.2 Å². The van der Waals surface area contributed by atoms with Gasteiger partial charge in [-0.15, -0.1) is 10.2 Å². The Morgan fingerprint density at radius 2 is 1.96 bits per heavy atom. The van der Waals surface area contributed by atoms with Crippen molar-refractivity contribution in [1.82, 2.24) is 25.0 Å². The maximum absolute atomic E-state index is 12.4. The average Bonchev–Trinajstić information content (AvgIpc) is 3.21. The molecular weight excluding hydrogens is 348 g/mol. The fourth-order valence-electron chi connectivity index (χ4n) is 3.31. The molecule has 0 aromatic carbocycles. The Hall–Kier alpha value is -1.93. The van der Waals surface area contributed by atoms with Gasteiger partial charge in [0.25, 0.3) is 0 Å². The standard InChI is InChI=1S/C18H28N6OS/c1-13-7-8-14(2)24(13)18-21-20-17(26-18)23-10-5-6-15(12-23)16(25)19-9-11-22(3)4/h7-8,15H,5-6,9-12H2,1-4H3,(H,19,25)/t15-/m1/s1. The van der Waals surface area contributed by atoms with E-state index < -0.39 is 0 Å². The summed E-state index contributed by atoms with van der Waals surface area (Å²) < 4.78 is 2.12. The van der Waals surface area contributed by atoms with Crippen LogP contribution in [0, 0.1) is 19.8 Å². The molecule has 0 bridgehead atoms. The maximum Gasteiger partial charge on any atom is 0.224 e. The van der Waals surface area contributed by atoms with Crippen molar-refractivity contribution in [2.24, 2.45) is 5.92 Å². The highest BCUT2D eigenvalue weighted by atomic mass is 32.1. The van der Waals surface area contributed by atoms with Crippen LogP contribution >= 0.6 is 11.3 Å². The molecule has 1 amide bonds. The first-order valence-corrected chi connectivity index (χ1v) is 9.93. The molecule has 1 saturated heterocycles. The van der Waals surface area contributed by atoms with E-state index in [9.17, 15) is 4.79 Å². The fourth-order valence-corrected chi connectivity index (χ4v) is 4.31. The minimum atomic E-state index is 0.0216. The van der Waals surface area contributed by atoms with Crippen LogP contribution < -0.4 is 10.2 Å². The van der Waals surface area contributed by atoms with Gasteiger partial charge in [-0.3, -0.25) is 9.36 Å². The second kappa shape index (κ2) is 8.18. The maximum atomic E-state index is 12.4. The molecule has 1 fully saturated rings. The molecule has 1 N–H and O–H groups in total. The highest BCUT2D eigenvalue weighted by molar-refractivity contribution is 7.17. The molecule has 3 rings (SSSR count). The zero-order valence-corrected chi connectivity index (χ0v) is 16.8. The van der Waals surface area contributed by atoms with Crippen LogP contribution in [-0.2, 0) is 4.79 Å². The summed E-state index contributed by atoms with van der Waals surface area (Å²) in [5.74, 6) is 0.173. The summed E-state index contributed by atoms with van der Waals surface area (Å²) in [5, 5.41) is 13.6. The number of piperidine rings is 1. The van der Waals surface area contributed by atoms with Crippen molar-refractivity contribution in [3.05, 3.63) is 23.5 Å². The van der Waals surface area contributed by atoms with E-state index in [0.717, 1.165) is 47.6 Å². The monoisotopic (exact) mass is 376 g/mol. The van der Waals surface area contributed by atoms with Gasteiger partial charge in [0.05, 0.1) is 5.92 Å². The summed E-state index contributed by atoms with van der Waals surface area (Å²) in [6.07, 6.45) is 1.94. The number of aromatic nitrogens is 3. The van der Waals surface area contributed by atoms with Gasteiger partial charge in [0.1, 0.15) is 0 Å². The predicted octanol–water partition coefficient (Wildman–Crippen LogP) is 1.84. The SMILES string of the molecule is Cc1ccc(C)n1-c1nnc(N2CCC[C@@H](C(=O)NCCN(C)C)C2)s1. The van der Waals surface area contributed by atoms with E-state index in [2.05, 4.69) is 55.9 Å². The number of nitrogens with one attached hydrogen (secondary N) is 1. The number of likely N-dealkylation sites (N-methyl/N-ethyl adjacent to an activating group) is 1. The van der Waals surface area contributed by atoms with E-state index in [4.69, 9.17) is 0 Å². The number of nitrogens with zero attached hydrogens (tertiary/aromatic N) is 5. The van der Waals surface area contributed by atoms with Gasteiger partial charge in [0.2, 0.25) is 16.2 Å². The molecular formula is C18H28N6OS. The van der Waals surface area contributed by atoms with Crippen molar-refractivity contribution in [2.45, 2.75) is 26.7 Å². The summed E-state index contributed by atoms with van der Waals surface area (Å²) in [7, 11) is 4.02. The van der Waals surface area contributed by atoms with Gasteiger partial charge < -0.3 is 15.1 Å². The number of carbonyl (C=O) groups is 1. The third kappa shape index (κ3) is 4.24. The zero-order valence-electron chi connectivity index (χ0n) is 16.0. The minimum absolute atomic E-state index is 0.0216. The molecule has 3 heterocycles. The number of rotatable bonds is 6. The molecule has 2 aromatic rings. The first kappa shape index (κ1) is 18.8. The van der Waals surface area contributed by atoms with Gasteiger partial charge in [-0.05, 0) is 52.9 Å². The Morgan fingerprint density at radius 3 is 2.65 bits per heavy atom. The fraction of sp³-hybridized carbons (Fsp3) is 0.611. The summed E-state index contributed by atoms with van der Waals surface area (Å²) in [6.45, 7) is 7.34. The number of hydrogen-bond donors (Lipinski definition) is 1. The molecule has 0 radical (unpaired) electrons. The lowest BCUT2D eigenvalue weighted by Crippen LogP contribution is -2.44. The molecule has 8 heteroatoms. The topological polar surface area (TPSA) is 66.3 Å². The smallest absolute Gasteiger partial charge is 0.224 e. The molecule has 1 aliphatic rings. The van der Waals surface area contributed by atoms with Gasteiger partial charge in [-0.1, -0.05) is 11.3 Å². The average molecular weight is 377 g/mol. The molecule has 7 nitrogen and oxygen atoms in total. The van der Waals surface area contributed by atoms with E-state index in [-0.39, 0.29) is 11.8 Å². The van der Waals surface area contributed by atoms with Gasteiger partial charge in [-0.25, -0.2) is 0 Å². The molecule has 1 aliphatic heterocycles. The second-order valence-corrected chi connectivity index (χ2v) is 8.13. The van der Waals surface area contributed by atoms with Gasteiger partial charge in [0, 0.05) is 37.6 Å². The summed E-state index contributed by atoms with van der Waals surface area (Å²) >= 11 is 1.59. The van der Waals surface area contributed by atoms with Crippen molar-refractivity contribution < 1.29 is 4.79 Å². The molecule has 142 valence electrons.